The van der Waals surface area contributed by atoms with E-state index in [1.165, 1.54) is 31.2 Å². The van der Waals surface area contributed by atoms with Crippen molar-refractivity contribution in [2.24, 2.45) is 16.8 Å². The van der Waals surface area contributed by atoms with Crippen LogP contribution in [0.15, 0.2) is 29.3 Å². The summed E-state index contributed by atoms with van der Waals surface area (Å²) in [6.07, 6.45) is 5.16. The summed E-state index contributed by atoms with van der Waals surface area (Å²) in [5, 5.41) is 7.79. The van der Waals surface area contributed by atoms with Gasteiger partial charge in [-0.2, -0.15) is 0 Å². The van der Waals surface area contributed by atoms with Crippen LogP contribution in [0.3, 0.4) is 0 Å². The molecule has 0 amide bonds. The van der Waals surface area contributed by atoms with Crippen LogP contribution in [0, 0.1) is 11.8 Å². The molecule has 1 saturated heterocycles. The van der Waals surface area contributed by atoms with E-state index in [1.807, 2.05) is 6.07 Å². The van der Waals surface area contributed by atoms with Gasteiger partial charge in [0.2, 0.25) is 0 Å². The fourth-order valence-electron chi connectivity index (χ4n) is 3.78. The Kier molecular flexibility index (Phi) is 6.60. The van der Waals surface area contributed by atoms with Gasteiger partial charge in [-0.3, -0.25) is 9.89 Å². The van der Waals surface area contributed by atoms with Gasteiger partial charge in [0.1, 0.15) is 0 Å². The normalized spacial score (nSPS) is 25.0. The highest BCUT2D eigenvalue weighted by Crippen LogP contribution is 2.35. The molecule has 1 heterocycles. The monoisotopic (exact) mass is 362 g/mol. The molecule has 4 nitrogen and oxygen atoms in total. The molecular weight excluding hydrogens is 332 g/mol. The Bertz CT molecular complexity index is 585. The molecule has 2 N–H and O–H groups in total. The summed E-state index contributed by atoms with van der Waals surface area (Å²) in [5.41, 5.74) is 1.32. The van der Waals surface area contributed by atoms with Gasteiger partial charge in [-0.25, -0.2) is 0 Å². The molecule has 0 spiro atoms. The minimum atomic E-state index is 0.409. The lowest BCUT2D eigenvalue weighted by molar-refractivity contribution is 0.122. The summed E-state index contributed by atoms with van der Waals surface area (Å²) in [6.45, 7) is 6.06. The molecule has 3 rings (SSSR count). The van der Waals surface area contributed by atoms with Crippen molar-refractivity contribution in [3.05, 3.63) is 34.9 Å². The molecule has 25 heavy (non-hydrogen) atoms. The van der Waals surface area contributed by atoms with Gasteiger partial charge in [0.05, 0.1) is 0 Å². The number of halogens is 1. The van der Waals surface area contributed by atoms with E-state index in [4.69, 9.17) is 16.6 Å². The number of likely N-dealkylation sites (tertiary alicyclic amines) is 1. The fourth-order valence-corrected chi connectivity index (χ4v) is 3.98. The molecule has 2 fully saturated rings. The van der Waals surface area contributed by atoms with E-state index in [2.05, 4.69) is 47.7 Å². The molecule has 5 heteroatoms. The van der Waals surface area contributed by atoms with Crippen molar-refractivity contribution in [3.63, 3.8) is 0 Å². The Labute approximate surface area is 157 Å². The van der Waals surface area contributed by atoms with Crippen molar-refractivity contribution < 1.29 is 0 Å². The van der Waals surface area contributed by atoms with Crippen molar-refractivity contribution in [2.45, 2.75) is 38.6 Å². The highest BCUT2D eigenvalue weighted by Gasteiger charge is 2.30. The maximum absolute atomic E-state index is 6.24. The van der Waals surface area contributed by atoms with Gasteiger partial charge in [-0.1, -0.05) is 23.7 Å². The van der Waals surface area contributed by atoms with E-state index in [0.717, 1.165) is 43.1 Å². The molecule has 1 aliphatic carbocycles. The molecule has 0 radical (unpaired) electrons. The molecule has 1 saturated carbocycles. The number of hydrogen-bond acceptors (Lipinski definition) is 2. The van der Waals surface area contributed by atoms with Crippen molar-refractivity contribution in [1.29, 1.82) is 0 Å². The summed E-state index contributed by atoms with van der Waals surface area (Å²) in [4.78, 5) is 7.22. The van der Waals surface area contributed by atoms with Crippen molar-refractivity contribution in [3.8, 4) is 0 Å². The van der Waals surface area contributed by atoms with Crippen molar-refractivity contribution in [2.75, 3.05) is 33.2 Å². The van der Waals surface area contributed by atoms with Crippen LogP contribution in [0.25, 0.3) is 0 Å². The van der Waals surface area contributed by atoms with Crippen LogP contribution in [-0.4, -0.2) is 44.1 Å². The SMILES string of the molecule is CCNC(=NCC1CC1)NCC1CCCN(C)C1c1cccc(Cl)c1. The van der Waals surface area contributed by atoms with Crippen molar-refractivity contribution >= 4 is 17.6 Å². The molecule has 1 aromatic carbocycles. The first-order valence-electron chi connectivity index (χ1n) is 9.65. The lowest BCUT2D eigenvalue weighted by Gasteiger charge is -2.40. The molecule has 1 aliphatic heterocycles. The molecule has 0 aromatic heterocycles. The van der Waals surface area contributed by atoms with Gasteiger partial charge < -0.3 is 10.6 Å². The van der Waals surface area contributed by atoms with Crippen LogP contribution in [0.4, 0.5) is 0 Å². The Morgan fingerprint density at radius 2 is 2.12 bits per heavy atom. The van der Waals surface area contributed by atoms with Gasteiger partial charge >= 0.3 is 0 Å². The van der Waals surface area contributed by atoms with E-state index in [0.29, 0.717) is 12.0 Å². The number of rotatable bonds is 6. The lowest BCUT2D eigenvalue weighted by Crippen LogP contribution is -2.45. The second-order valence-corrected chi connectivity index (χ2v) is 7.86. The molecule has 2 aliphatic rings. The molecule has 0 bridgehead atoms. The largest absolute Gasteiger partial charge is 0.357 e. The van der Waals surface area contributed by atoms with Crippen LogP contribution in [0.1, 0.15) is 44.2 Å². The summed E-state index contributed by atoms with van der Waals surface area (Å²) in [5.74, 6) is 2.34. The number of piperidine rings is 1. The molecule has 2 atom stereocenters. The Hall–Kier alpha value is -1.26. The van der Waals surface area contributed by atoms with Crippen LogP contribution in [0.2, 0.25) is 5.02 Å². The lowest BCUT2D eigenvalue weighted by atomic mass is 9.85. The molecule has 2 unspecified atom stereocenters. The second kappa shape index (κ2) is 8.91. The Balaban J connectivity index is 1.66. The summed E-state index contributed by atoms with van der Waals surface area (Å²) >= 11 is 6.24. The highest BCUT2D eigenvalue weighted by molar-refractivity contribution is 6.30. The average molecular weight is 363 g/mol. The van der Waals surface area contributed by atoms with E-state index in [1.54, 1.807) is 0 Å². The number of nitrogens with zero attached hydrogens (tertiary/aromatic N) is 2. The third-order valence-electron chi connectivity index (χ3n) is 5.28. The second-order valence-electron chi connectivity index (χ2n) is 7.43. The predicted molar refractivity (Wildman–Crippen MR) is 106 cm³/mol. The zero-order valence-electron chi connectivity index (χ0n) is 15.5. The zero-order valence-corrected chi connectivity index (χ0v) is 16.2. The minimum Gasteiger partial charge on any atom is -0.357 e. The van der Waals surface area contributed by atoms with Gasteiger partial charge in [0.25, 0.3) is 0 Å². The smallest absolute Gasteiger partial charge is 0.191 e. The average Bonchev–Trinajstić information content (AvgIpc) is 3.42. The van der Waals surface area contributed by atoms with Crippen LogP contribution in [-0.2, 0) is 0 Å². The quantitative estimate of drug-likeness (QED) is 0.599. The van der Waals surface area contributed by atoms with Gasteiger partial charge in [-0.15, -0.1) is 0 Å². The van der Waals surface area contributed by atoms with Crippen molar-refractivity contribution in [1.82, 2.24) is 15.5 Å². The number of hydrogen-bond donors (Lipinski definition) is 2. The van der Waals surface area contributed by atoms with E-state index < -0.39 is 0 Å². The number of benzene rings is 1. The minimum absolute atomic E-state index is 0.409. The molecular formula is C20H31ClN4. The van der Waals surface area contributed by atoms with Gasteiger partial charge in [-0.05, 0) is 75.7 Å². The third-order valence-corrected chi connectivity index (χ3v) is 5.51. The Morgan fingerprint density at radius 3 is 2.84 bits per heavy atom. The number of nitrogens with one attached hydrogen (secondary N) is 2. The number of aliphatic imine (C=N–C) groups is 1. The van der Waals surface area contributed by atoms with Crippen LogP contribution in [0.5, 0.6) is 0 Å². The third kappa shape index (κ3) is 5.35. The van der Waals surface area contributed by atoms with E-state index in [-0.39, 0.29) is 0 Å². The van der Waals surface area contributed by atoms with E-state index >= 15 is 0 Å². The van der Waals surface area contributed by atoms with E-state index in [9.17, 15) is 0 Å². The van der Waals surface area contributed by atoms with Gasteiger partial charge in [0, 0.05) is 30.7 Å². The maximum Gasteiger partial charge on any atom is 0.191 e. The summed E-state index contributed by atoms with van der Waals surface area (Å²) < 4.78 is 0. The maximum atomic E-state index is 6.24. The predicted octanol–water partition coefficient (Wildman–Crippen LogP) is 3.69. The first-order chi connectivity index (χ1) is 12.2. The summed E-state index contributed by atoms with van der Waals surface area (Å²) in [6, 6.07) is 8.75. The fraction of sp³-hybridized carbons (Fsp3) is 0.650. The highest BCUT2D eigenvalue weighted by atomic mass is 35.5. The van der Waals surface area contributed by atoms with Crippen LogP contribution >= 0.6 is 11.6 Å². The van der Waals surface area contributed by atoms with Gasteiger partial charge in [0.15, 0.2) is 5.96 Å². The van der Waals surface area contributed by atoms with Crippen LogP contribution < -0.4 is 10.6 Å². The zero-order chi connectivity index (χ0) is 17.6. The topological polar surface area (TPSA) is 39.7 Å². The molecule has 138 valence electrons. The molecule has 1 aromatic rings. The standard InChI is InChI=1S/C20H31ClN4/c1-3-22-20(23-13-15-9-10-15)24-14-17-7-5-11-25(2)19(17)16-6-4-8-18(21)12-16/h4,6,8,12,15,17,19H,3,5,7,9-11,13-14H2,1-2H3,(H2,22,23,24). The Morgan fingerprint density at radius 1 is 1.28 bits per heavy atom. The first kappa shape index (κ1) is 18.5. The summed E-state index contributed by atoms with van der Waals surface area (Å²) in [7, 11) is 2.23. The number of guanidine groups is 1. The first-order valence-corrected chi connectivity index (χ1v) is 10.0.